The van der Waals surface area contributed by atoms with Gasteiger partial charge in [-0.1, -0.05) is 62.0 Å². The Hall–Kier alpha value is -3.06. The fourth-order valence-electron chi connectivity index (χ4n) is 3.76. The van der Waals surface area contributed by atoms with Gasteiger partial charge in [0.2, 0.25) is 11.0 Å². The van der Waals surface area contributed by atoms with Crippen LogP contribution in [0.15, 0.2) is 66.3 Å². The molecule has 0 aliphatic carbocycles. The molecule has 166 valence electrons. The van der Waals surface area contributed by atoms with Crippen LogP contribution in [0.5, 0.6) is 5.88 Å². The number of ether oxygens (including phenoxy) is 1. The zero-order valence-electron chi connectivity index (χ0n) is 18.6. The Morgan fingerprint density at radius 3 is 2.53 bits per heavy atom. The van der Waals surface area contributed by atoms with Crippen LogP contribution in [0.2, 0.25) is 0 Å². The summed E-state index contributed by atoms with van der Waals surface area (Å²) in [6.45, 7) is 10.3. The topological polar surface area (TPSA) is 63.2 Å². The number of rotatable bonds is 9. The van der Waals surface area contributed by atoms with Crippen LogP contribution >= 0.6 is 11.8 Å². The lowest BCUT2D eigenvalue weighted by Gasteiger charge is -2.25. The summed E-state index contributed by atoms with van der Waals surface area (Å²) in [5.74, 6) is 1.20. The normalized spacial score (nSPS) is 14.4. The average molecular weight is 448 g/mol. The second kappa shape index (κ2) is 10.5. The van der Waals surface area contributed by atoms with Crippen LogP contribution in [0.4, 0.5) is 11.4 Å². The van der Waals surface area contributed by atoms with Crippen molar-refractivity contribution in [3.8, 4) is 17.1 Å². The van der Waals surface area contributed by atoms with Gasteiger partial charge in [0.15, 0.2) is 11.9 Å². The lowest BCUT2D eigenvalue weighted by Crippen LogP contribution is -2.25. The Labute approximate surface area is 194 Å². The highest BCUT2D eigenvalue weighted by molar-refractivity contribution is 7.99. The molecule has 0 amide bonds. The summed E-state index contributed by atoms with van der Waals surface area (Å²) >= 11 is 1.48. The molecule has 32 heavy (non-hydrogen) atoms. The third-order valence-corrected chi connectivity index (χ3v) is 6.05. The second-order valence-corrected chi connectivity index (χ2v) is 8.60. The zero-order chi connectivity index (χ0) is 22.3. The first kappa shape index (κ1) is 22.1. The highest BCUT2D eigenvalue weighted by Crippen LogP contribution is 2.39. The van der Waals surface area contributed by atoms with Gasteiger partial charge in [-0.15, -0.1) is 16.8 Å². The number of fused-ring (bicyclic) bond motifs is 3. The Balaban J connectivity index is 1.66. The summed E-state index contributed by atoms with van der Waals surface area (Å²) < 4.78 is 6.36. The first-order valence-electron chi connectivity index (χ1n) is 11.1. The number of aromatic nitrogens is 3. The number of thioether (sulfide) groups is 1. The second-order valence-electron chi connectivity index (χ2n) is 7.61. The maximum Gasteiger partial charge on any atom is 0.247 e. The van der Waals surface area contributed by atoms with Gasteiger partial charge in [-0.05, 0) is 31.0 Å². The molecule has 2 aromatic carbocycles. The van der Waals surface area contributed by atoms with Crippen molar-refractivity contribution in [3.05, 3.63) is 66.7 Å². The Morgan fingerprint density at radius 1 is 1.06 bits per heavy atom. The van der Waals surface area contributed by atoms with Crippen molar-refractivity contribution in [3.63, 3.8) is 0 Å². The summed E-state index contributed by atoms with van der Waals surface area (Å²) in [7, 11) is 0. The Kier molecular flexibility index (Phi) is 7.27. The van der Waals surface area contributed by atoms with E-state index in [4.69, 9.17) is 4.74 Å². The number of nitrogens with one attached hydrogen (secondary N) is 1. The molecule has 1 aliphatic heterocycles. The van der Waals surface area contributed by atoms with E-state index in [1.54, 1.807) is 0 Å². The number of hydrogen-bond donors (Lipinski definition) is 1. The lowest BCUT2D eigenvalue weighted by atomic mass is 10.1. The quantitative estimate of drug-likeness (QED) is 0.321. The van der Waals surface area contributed by atoms with Gasteiger partial charge in [0.1, 0.15) is 0 Å². The van der Waals surface area contributed by atoms with Crippen molar-refractivity contribution in [2.24, 2.45) is 0 Å². The molecule has 6 nitrogen and oxygen atoms in total. The van der Waals surface area contributed by atoms with E-state index in [-0.39, 0.29) is 6.23 Å². The van der Waals surface area contributed by atoms with E-state index < -0.39 is 0 Å². The molecule has 7 heteroatoms. The van der Waals surface area contributed by atoms with Gasteiger partial charge in [-0.2, -0.15) is 4.98 Å². The minimum Gasteiger partial charge on any atom is -0.448 e. The summed E-state index contributed by atoms with van der Waals surface area (Å²) in [6.07, 6.45) is 3.69. The van der Waals surface area contributed by atoms with Crippen LogP contribution in [0, 0.1) is 0 Å². The Bertz CT molecular complexity index is 1050. The minimum absolute atomic E-state index is 0.383. The van der Waals surface area contributed by atoms with E-state index in [2.05, 4.69) is 70.1 Å². The highest BCUT2D eigenvalue weighted by atomic mass is 32.2. The molecular formula is C25H29N5OS. The molecule has 0 fully saturated rings. The standard InChI is InChI=1S/C25H29N5OS/c1-4-15-30(16-5-2)19-13-11-18(12-14-19)23-26-21-10-8-7-9-20(21)22-24(31-23)27-25(29-28-22)32-17-6-3/h6-14,23,26H,3-5,15-17H2,1-2H3. The van der Waals surface area contributed by atoms with Gasteiger partial charge in [0.05, 0.1) is 0 Å². The molecule has 1 N–H and O–H groups in total. The van der Waals surface area contributed by atoms with Crippen LogP contribution in [-0.2, 0) is 0 Å². The summed E-state index contributed by atoms with van der Waals surface area (Å²) in [5, 5.41) is 12.8. The van der Waals surface area contributed by atoms with Crippen LogP contribution in [0.25, 0.3) is 11.3 Å². The van der Waals surface area contributed by atoms with Gasteiger partial charge >= 0.3 is 0 Å². The molecule has 0 saturated heterocycles. The van der Waals surface area contributed by atoms with Crippen molar-refractivity contribution in [2.75, 3.05) is 29.1 Å². The molecule has 0 radical (unpaired) electrons. The molecule has 1 atom stereocenters. The number of anilines is 2. The molecule has 1 unspecified atom stereocenters. The molecule has 1 aromatic heterocycles. The fourth-order valence-corrected chi connectivity index (χ4v) is 4.28. The molecule has 0 spiro atoms. The number of hydrogen-bond acceptors (Lipinski definition) is 7. The van der Waals surface area contributed by atoms with Gasteiger partial charge in [-0.25, -0.2) is 0 Å². The van der Waals surface area contributed by atoms with Crippen LogP contribution < -0.4 is 15.0 Å². The molecule has 0 saturated carbocycles. The van der Waals surface area contributed by atoms with Crippen LogP contribution in [0.3, 0.4) is 0 Å². The molecule has 1 aliphatic rings. The molecule has 0 bridgehead atoms. The maximum atomic E-state index is 6.36. The van der Waals surface area contributed by atoms with Crippen molar-refractivity contribution in [1.29, 1.82) is 0 Å². The van der Waals surface area contributed by atoms with E-state index >= 15 is 0 Å². The third-order valence-electron chi connectivity index (χ3n) is 5.21. The number of benzene rings is 2. The lowest BCUT2D eigenvalue weighted by molar-refractivity contribution is 0.225. The van der Waals surface area contributed by atoms with Gasteiger partial charge in [0.25, 0.3) is 0 Å². The molecule has 3 aromatic rings. The summed E-state index contributed by atoms with van der Waals surface area (Å²) in [5.41, 5.74) is 4.79. The maximum absolute atomic E-state index is 6.36. The number of nitrogens with zero attached hydrogens (tertiary/aromatic N) is 4. The fraction of sp³-hybridized carbons (Fsp3) is 0.320. The first-order valence-corrected chi connectivity index (χ1v) is 12.1. The van der Waals surface area contributed by atoms with E-state index in [1.807, 2.05) is 30.3 Å². The predicted octanol–water partition coefficient (Wildman–Crippen LogP) is 5.95. The largest absolute Gasteiger partial charge is 0.448 e. The number of para-hydroxylation sites is 1. The highest BCUT2D eigenvalue weighted by Gasteiger charge is 2.26. The van der Waals surface area contributed by atoms with E-state index in [0.717, 1.165) is 42.7 Å². The monoisotopic (exact) mass is 447 g/mol. The van der Waals surface area contributed by atoms with Crippen LogP contribution in [0.1, 0.15) is 38.5 Å². The van der Waals surface area contributed by atoms with E-state index in [9.17, 15) is 0 Å². The van der Waals surface area contributed by atoms with E-state index in [1.165, 1.54) is 17.4 Å². The predicted molar refractivity (Wildman–Crippen MR) is 132 cm³/mol. The first-order chi connectivity index (χ1) is 15.7. The van der Waals surface area contributed by atoms with E-state index in [0.29, 0.717) is 22.5 Å². The van der Waals surface area contributed by atoms with Crippen molar-refractivity contribution in [2.45, 2.75) is 38.1 Å². The minimum atomic E-state index is -0.383. The van der Waals surface area contributed by atoms with Gasteiger partial charge in [0, 0.05) is 41.3 Å². The van der Waals surface area contributed by atoms with Crippen LogP contribution in [-0.4, -0.2) is 34.0 Å². The zero-order valence-corrected chi connectivity index (χ0v) is 19.4. The molecule has 4 rings (SSSR count). The molecule has 2 heterocycles. The SMILES string of the molecule is C=CCSc1nnc2c(n1)OC(c1ccc(N(CCC)CCC)cc1)Nc1ccccc1-2. The smallest absolute Gasteiger partial charge is 0.247 e. The van der Waals surface area contributed by atoms with Crippen molar-refractivity contribution < 1.29 is 4.74 Å². The Morgan fingerprint density at radius 2 is 1.81 bits per heavy atom. The molecular weight excluding hydrogens is 418 g/mol. The summed E-state index contributed by atoms with van der Waals surface area (Å²) in [4.78, 5) is 7.08. The van der Waals surface area contributed by atoms with Gasteiger partial charge < -0.3 is 15.0 Å². The van der Waals surface area contributed by atoms with Gasteiger partial charge in [-0.3, -0.25) is 0 Å². The van der Waals surface area contributed by atoms with Crippen molar-refractivity contribution in [1.82, 2.24) is 15.2 Å². The van der Waals surface area contributed by atoms with Crippen molar-refractivity contribution >= 4 is 23.1 Å². The third kappa shape index (κ3) is 4.88. The summed E-state index contributed by atoms with van der Waals surface area (Å²) in [6, 6.07) is 16.6. The average Bonchev–Trinajstić information content (AvgIpc) is 2.99.